The van der Waals surface area contributed by atoms with Crippen LogP contribution in [0.25, 0.3) is 0 Å². The summed E-state index contributed by atoms with van der Waals surface area (Å²) in [6.07, 6.45) is 1.72. The fourth-order valence-corrected chi connectivity index (χ4v) is 2.71. The van der Waals surface area contributed by atoms with Crippen molar-refractivity contribution >= 4 is 11.8 Å². The van der Waals surface area contributed by atoms with Gasteiger partial charge in [0.15, 0.2) is 5.69 Å². The number of hydrogen-bond acceptors (Lipinski definition) is 4. The van der Waals surface area contributed by atoms with E-state index < -0.39 is 5.91 Å². The van der Waals surface area contributed by atoms with Gasteiger partial charge in [-0.15, -0.1) is 5.10 Å². The molecule has 1 heterocycles. The first kappa shape index (κ1) is 18.3. The average molecular weight is 363 g/mol. The van der Waals surface area contributed by atoms with Crippen molar-refractivity contribution in [1.29, 1.82) is 0 Å². The molecule has 0 atom stereocenters. The minimum absolute atomic E-state index is 0.0940. The fourth-order valence-electron chi connectivity index (χ4n) is 2.71. The van der Waals surface area contributed by atoms with Crippen molar-refractivity contribution in [3.63, 3.8) is 0 Å². The molecule has 0 aliphatic rings. The van der Waals surface area contributed by atoms with Crippen molar-refractivity contribution in [1.82, 2.24) is 19.9 Å². The first-order valence-electron chi connectivity index (χ1n) is 8.67. The summed E-state index contributed by atoms with van der Waals surface area (Å²) < 4.78 is 1.62. The van der Waals surface area contributed by atoms with Crippen LogP contribution in [0.1, 0.15) is 28.0 Å². The average Bonchev–Trinajstić information content (AvgIpc) is 3.14. The van der Waals surface area contributed by atoms with Crippen LogP contribution in [0.5, 0.6) is 0 Å². The first-order chi connectivity index (χ1) is 13.1. The van der Waals surface area contributed by atoms with Crippen molar-refractivity contribution < 1.29 is 9.59 Å². The smallest absolute Gasteiger partial charge is 0.276 e. The molecule has 138 valence electrons. The van der Waals surface area contributed by atoms with Gasteiger partial charge in [-0.2, -0.15) is 0 Å². The molecule has 2 amide bonds. The van der Waals surface area contributed by atoms with Crippen LogP contribution >= 0.6 is 0 Å². The van der Waals surface area contributed by atoms with Crippen molar-refractivity contribution in [2.24, 2.45) is 5.73 Å². The van der Waals surface area contributed by atoms with Crippen LogP contribution in [0.2, 0.25) is 0 Å². The molecule has 0 fully saturated rings. The van der Waals surface area contributed by atoms with E-state index in [2.05, 4.69) is 10.3 Å². The van der Waals surface area contributed by atoms with E-state index in [0.717, 1.165) is 11.1 Å². The van der Waals surface area contributed by atoms with Crippen LogP contribution in [0.3, 0.4) is 0 Å². The Labute approximate surface area is 157 Å². The molecule has 2 aromatic carbocycles. The molecule has 0 unspecified atom stereocenters. The predicted molar refractivity (Wildman–Crippen MR) is 101 cm³/mol. The molecule has 2 N–H and O–H groups in total. The third kappa shape index (κ3) is 5.24. The molecule has 0 aliphatic carbocycles. The summed E-state index contributed by atoms with van der Waals surface area (Å²) in [5, 5.41) is 8.05. The number of carbonyl (C=O) groups excluding carboxylic acids is 2. The van der Waals surface area contributed by atoms with Crippen molar-refractivity contribution in [2.75, 3.05) is 6.54 Å². The highest BCUT2D eigenvalue weighted by Crippen LogP contribution is 2.10. The van der Waals surface area contributed by atoms with E-state index in [1.165, 1.54) is 0 Å². The Balaban J connectivity index is 1.73. The number of hydrogen-bond donors (Lipinski definition) is 1. The lowest BCUT2D eigenvalue weighted by Crippen LogP contribution is -2.34. The van der Waals surface area contributed by atoms with Gasteiger partial charge < -0.3 is 10.6 Å². The summed E-state index contributed by atoms with van der Waals surface area (Å²) in [6.45, 7) is 1.13. The lowest BCUT2D eigenvalue weighted by Gasteiger charge is -2.21. The van der Waals surface area contributed by atoms with E-state index in [4.69, 9.17) is 5.73 Å². The van der Waals surface area contributed by atoms with E-state index in [1.54, 1.807) is 15.8 Å². The largest absolute Gasteiger partial charge is 0.370 e. The van der Waals surface area contributed by atoms with Crippen LogP contribution < -0.4 is 5.73 Å². The second-order valence-corrected chi connectivity index (χ2v) is 6.22. The van der Waals surface area contributed by atoms with E-state index in [-0.39, 0.29) is 24.6 Å². The van der Waals surface area contributed by atoms with Gasteiger partial charge in [0.25, 0.3) is 5.91 Å². The highest BCUT2D eigenvalue weighted by Gasteiger charge is 2.20. The molecule has 3 aromatic rings. The number of carbonyl (C=O) groups is 2. The van der Waals surface area contributed by atoms with Crippen LogP contribution in [-0.2, 0) is 17.9 Å². The maximum absolute atomic E-state index is 12.9. The summed E-state index contributed by atoms with van der Waals surface area (Å²) in [5.41, 5.74) is 7.53. The van der Waals surface area contributed by atoms with E-state index in [1.807, 2.05) is 60.7 Å². The number of benzene rings is 2. The lowest BCUT2D eigenvalue weighted by molar-refractivity contribution is -0.118. The topological polar surface area (TPSA) is 94.1 Å². The number of nitrogens with two attached hydrogens (primary N) is 1. The SMILES string of the molecule is NC(=O)CCN(Cc1ccccc1)C(=O)c1cn(Cc2ccccc2)nn1. The van der Waals surface area contributed by atoms with Crippen molar-refractivity contribution in [3.05, 3.63) is 83.7 Å². The molecule has 0 bridgehead atoms. The van der Waals surface area contributed by atoms with Crippen LogP contribution in [0.15, 0.2) is 66.9 Å². The molecule has 0 radical (unpaired) electrons. The normalized spacial score (nSPS) is 10.5. The van der Waals surface area contributed by atoms with Gasteiger partial charge in [-0.3, -0.25) is 9.59 Å². The molecule has 0 spiro atoms. The zero-order chi connectivity index (χ0) is 19.1. The molecule has 27 heavy (non-hydrogen) atoms. The molecular weight excluding hydrogens is 342 g/mol. The minimum Gasteiger partial charge on any atom is -0.370 e. The third-order valence-corrected chi connectivity index (χ3v) is 4.08. The molecule has 0 saturated heterocycles. The number of aromatic nitrogens is 3. The second-order valence-electron chi connectivity index (χ2n) is 6.22. The second kappa shape index (κ2) is 8.75. The van der Waals surface area contributed by atoms with E-state index in [9.17, 15) is 9.59 Å². The van der Waals surface area contributed by atoms with Crippen molar-refractivity contribution in [3.8, 4) is 0 Å². The highest BCUT2D eigenvalue weighted by atomic mass is 16.2. The maximum Gasteiger partial charge on any atom is 0.276 e. The van der Waals surface area contributed by atoms with Crippen molar-refractivity contribution in [2.45, 2.75) is 19.5 Å². The van der Waals surface area contributed by atoms with Gasteiger partial charge in [-0.05, 0) is 11.1 Å². The van der Waals surface area contributed by atoms with Crippen LogP contribution in [0, 0.1) is 0 Å². The number of primary amides is 1. The Kier molecular flexibility index (Phi) is 5.94. The Morgan fingerprint density at radius 1 is 0.963 bits per heavy atom. The monoisotopic (exact) mass is 363 g/mol. The standard InChI is InChI=1S/C20H21N5O2/c21-19(26)11-12-24(13-16-7-3-1-4-8-16)20(27)18-15-25(23-22-18)14-17-9-5-2-6-10-17/h1-10,15H,11-14H2,(H2,21,26). The highest BCUT2D eigenvalue weighted by molar-refractivity contribution is 5.92. The molecule has 7 nitrogen and oxygen atoms in total. The summed E-state index contributed by atoms with van der Waals surface area (Å²) >= 11 is 0. The molecular formula is C20H21N5O2. The van der Waals surface area contributed by atoms with Gasteiger partial charge in [-0.25, -0.2) is 4.68 Å². The van der Waals surface area contributed by atoms with Gasteiger partial charge in [0, 0.05) is 19.5 Å². The quantitative estimate of drug-likeness (QED) is 0.661. The lowest BCUT2D eigenvalue weighted by atomic mass is 10.2. The maximum atomic E-state index is 12.9. The summed E-state index contributed by atoms with van der Waals surface area (Å²) in [7, 11) is 0. The fraction of sp³-hybridized carbons (Fsp3) is 0.200. The van der Waals surface area contributed by atoms with Gasteiger partial charge in [0.05, 0.1) is 12.7 Å². The number of rotatable bonds is 8. The molecule has 0 saturated carbocycles. The Morgan fingerprint density at radius 3 is 2.22 bits per heavy atom. The predicted octanol–water partition coefficient (Wildman–Crippen LogP) is 1.84. The Morgan fingerprint density at radius 2 is 1.59 bits per heavy atom. The van der Waals surface area contributed by atoms with Gasteiger partial charge in [-0.1, -0.05) is 65.9 Å². The minimum atomic E-state index is -0.450. The van der Waals surface area contributed by atoms with Gasteiger partial charge in [0.1, 0.15) is 0 Å². The van der Waals surface area contributed by atoms with Gasteiger partial charge in [0.2, 0.25) is 5.91 Å². The van der Waals surface area contributed by atoms with E-state index in [0.29, 0.717) is 13.1 Å². The Bertz CT molecular complexity index is 893. The first-order valence-corrected chi connectivity index (χ1v) is 8.67. The molecule has 7 heteroatoms. The summed E-state index contributed by atoms with van der Waals surface area (Å²) in [4.78, 5) is 25.6. The molecule has 3 rings (SSSR count). The third-order valence-electron chi connectivity index (χ3n) is 4.08. The van der Waals surface area contributed by atoms with Gasteiger partial charge >= 0.3 is 0 Å². The van der Waals surface area contributed by atoms with Crippen LogP contribution in [0.4, 0.5) is 0 Å². The number of amides is 2. The van der Waals surface area contributed by atoms with E-state index >= 15 is 0 Å². The zero-order valence-corrected chi connectivity index (χ0v) is 14.9. The van der Waals surface area contributed by atoms with Crippen LogP contribution in [-0.4, -0.2) is 38.3 Å². The zero-order valence-electron chi connectivity index (χ0n) is 14.9. The number of nitrogens with zero attached hydrogens (tertiary/aromatic N) is 4. The molecule has 0 aliphatic heterocycles. The summed E-state index contributed by atoms with van der Waals surface area (Å²) in [6, 6.07) is 19.4. The molecule has 1 aromatic heterocycles. The summed E-state index contributed by atoms with van der Waals surface area (Å²) in [5.74, 6) is -0.729. The Hall–Kier alpha value is -3.48.